The maximum Gasteiger partial charge on any atom is 0.201 e. The van der Waals surface area contributed by atoms with Gasteiger partial charge in [-0.2, -0.15) is 0 Å². The van der Waals surface area contributed by atoms with Gasteiger partial charge in [-0.3, -0.25) is 0 Å². The minimum atomic E-state index is 0.458. The van der Waals surface area contributed by atoms with Crippen molar-refractivity contribution < 1.29 is 4.74 Å². The van der Waals surface area contributed by atoms with Crippen LogP contribution in [0.4, 0.5) is 10.8 Å². The molecule has 2 heterocycles. The number of nitrogens with zero attached hydrogens (tertiary/aromatic N) is 1. The molecule has 2 aromatic heterocycles. The number of aromatic nitrogens is 1. The Morgan fingerprint density at radius 2 is 2.04 bits per heavy atom. The number of thiazole rings is 1. The van der Waals surface area contributed by atoms with Crippen LogP contribution in [0, 0.1) is 6.92 Å². The lowest BCUT2D eigenvalue weighted by atomic mass is 10.0. The van der Waals surface area contributed by atoms with Crippen LogP contribution in [0.25, 0.3) is 11.3 Å². The number of methoxy groups -OCH3 is 1. The lowest BCUT2D eigenvalue weighted by Crippen LogP contribution is -1.97. The van der Waals surface area contributed by atoms with E-state index in [0.29, 0.717) is 11.0 Å². The van der Waals surface area contributed by atoms with Gasteiger partial charge in [0.25, 0.3) is 0 Å². The highest BCUT2D eigenvalue weighted by molar-refractivity contribution is 7.80. The Kier molecular flexibility index (Phi) is 5.51. The molecule has 0 aliphatic carbocycles. The number of aryl methyl sites for hydroxylation is 1. The summed E-state index contributed by atoms with van der Waals surface area (Å²) >= 11 is 8.48. The van der Waals surface area contributed by atoms with Gasteiger partial charge in [-0.1, -0.05) is 32.0 Å². The largest absolute Gasteiger partial charge is 0.486 e. The molecule has 0 saturated heterocycles. The molecule has 0 aliphatic rings. The molecule has 0 unspecified atom stereocenters. The monoisotopic (exact) mass is 388 g/mol. The zero-order valence-corrected chi connectivity index (χ0v) is 17.1. The number of rotatable bonds is 5. The van der Waals surface area contributed by atoms with Crippen molar-refractivity contribution in [3.63, 3.8) is 0 Å². The number of hydrogen-bond acceptors (Lipinski definition) is 6. The Labute approximate surface area is 161 Å². The van der Waals surface area contributed by atoms with E-state index in [1.54, 1.807) is 29.8 Å². The van der Waals surface area contributed by atoms with E-state index in [9.17, 15) is 0 Å². The van der Waals surface area contributed by atoms with Crippen molar-refractivity contribution in [1.82, 2.24) is 4.98 Å². The van der Waals surface area contributed by atoms with E-state index in [4.69, 9.17) is 21.9 Å². The van der Waals surface area contributed by atoms with E-state index >= 15 is 0 Å². The van der Waals surface area contributed by atoms with E-state index in [2.05, 4.69) is 55.7 Å². The molecule has 3 aromatic rings. The Morgan fingerprint density at radius 3 is 2.76 bits per heavy atom. The number of thiophene rings is 1. The van der Waals surface area contributed by atoms with Gasteiger partial charge in [0.15, 0.2) is 5.13 Å². The summed E-state index contributed by atoms with van der Waals surface area (Å²) in [6, 6.07) is 10.4. The third-order valence-corrected chi connectivity index (χ3v) is 6.23. The molecule has 3 nitrogen and oxygen atoms in total. The average Bonchev–Trinajstić information content (AvgIpc) is 3.21. The van der Waals surface area contributed by atoms with Crippen molar-refractivity contribution >= 4 is 50.8 Å². The molecular weight excluding hydrogens is 368 g/mol. The summed E-state index contributed by atoms with van der Waals surface area (Å²) in [4.78, 5) is 6.92. The van der Waals surface area contributed by atoms with E-state index in [0.717, 1.165) is 27.0 Å². The minimum absolute atomic E-state index is 0.458. The predicted molar refractivity (Wildman–Crippen MR) is 113 cm³/mol. The van der Waals surface area contributed by atoms with Crippen LogP contribution in [0.2, 0.25) is 0 Å². The standard InChI is InChI=1S/C19H20N2OS3/c1-11(2)13-7-5-6-8-15(13)20-19-21-16(10-24-19)14-9-17(18(23)22-4)25-12(14)3/h5-11H,1-4H3,(H,20,21). The zero-order chi connectivity index (χ0) is 18.0. The smallest absolute Gasteiger partial charge is 0.201 e. The Hall–Kier alpha value is -1.76. The first-order valence-electron chi connectivity index (χ1n) is 8.00. The summed E-state index contributed by atoms with van der Waals surface area (Å²) in [5, 5.41) is 6.96. The molecule has 0 atom stereocenters. The van der Waals surface area contributed by atoms with Gasteiger partial charge >= 0.3 is 0 Å². The van der Waals surface area contributed by atoms with Gasteiger partial charge in [0.05, 0.1) is 17.7 Å². The molecule has 130 valence electrons. The van der Waals surface area contributed by atoms with Crippen LogP contribution in [0.15, 0.2) is 35.7 Å². The van der Waals surface area contributed by atoms with Crippen molar-refractivity contribution in [3.05, 3.63) is 51.0 Å². The molecule has 6 heteroatoms. The van der Waals surface area contributed by atoms with E-state index in [-0.39, 0.29) is 0 Å². The molecule has 25 heavy (non-hydrogen) atoms. The number of benzene rings is 1. The third-order valence-electron chi connectivity index (χ3n) is 3.91. The molecule has 0 fully saturated rings. The van der Waals surface area contributed by atoms with Crippen LogP contribution in [-0.4, -0.2) is 17.1 Å². The van der Waals surface area contributed by atoms with Crippen LogP contribution in [0.5, 0.6) is 0 Å². The fourth-order valence-corrected chi connectivity index (χ4v) is 4.48. The van der Waals surface area contributed by atoms with E-state index in [1.165, 1.54) is 10.4 Å². The van der Waals surface area contributed by atoms with Gasteiger partial charge in [-0.25, -0.2) is 4.98 Å². The second-order valence-corrected chi connectivity index (χ2v) is 8.46. The Balaban J connectivity index is 1.87. The van der Waals surface area contributed by atoms with Crippen molar-refractivity contribution in [3.8, 4) is 11.3 Å². The maximum atomic E-state index is 5.23. The average molecular weight is 389 g/mol. The zero-order valence-electron chi connectivity index (χ0n) is 14.6. The van der Waals surface area contributed by atoms with Crippen molar-refractivity contribution in [1.29, 1.82) is 0 Å². The van der Waals surface area contributed by atoms with Crippen LogP contribution in [0.3, 0.4) is 0 Å². The fraction of sp³-hybridized carbons (Fsp3) is 0.263. The minimum Gasteiger partial charge on any atom is -0.486 e. The lowest BCUT2D eigenvalue weighted by molar-refractivity contribution is 0.417. The molecular formula is C19H20N2OS3. The van der Waals surface area contributed by atoms with Gasteiger partial charge in [0, 0.05) is 21.5 Å². The van der Waals surface area contributed by atoms with Crippen molar-refractivity contribution in [2.75, 3.05) is 12.4 Å². The number of para-hydroxylation sites is 1. The quantitative estimate of drug-likeness (QED) is 0.515. The van der Waals surface area contributed by atoms with E-state index in [1.807, 2.05) is 6.07 Å². The van der Waals surface area contributed by atoms with Crippen LogP contribution in [-0.2, 0) is 4.74 Å². The van der Waals surface area contributed by atoms with Gasteiger partial charge in [0.2, 0.25) is 5.05 Å². The number of anilines is 2. The maximum absolute atomic E-state index is 5.23. The highest BCUT2D eigenvalue weighted by atomic mass is 32.1. The Morgan fingerprint density at radius 1 is 1.28 bits per heavy atom. The normalized spacial score (nSPS) is 10.9. The number of ether oxygens (including phenoxy) is 1. The fourth-order valence-electron chi connectivity index (χ4n) is 2.62. The predicted octanol–water partition coefficient (Wildman–Crippen LogP) is 6.37. The molecule has 1 aromatic carbocycles. The van der Waals surface area contributed by atoms with Crippen molar-refractivity contribution in [2.45, 2.75) is 26.7 Å². The molecule has 0 amide bonds. The van der Waals surface area contributed by atoms with Crippen molar-refractivity contribution in [2.24, 2.45) is 0 Å². The first-order chi connectivity index (χ1) is 12.0. The van der Waals surface area contributed by atoms with Crippen LogP contribution >= 0.6 is 34.9 Å². The molecule has 0 bridgehead atoms. The summed E-state index contributed by atoms with van der Waals surface area (Å²) in [5.74, 6) is 0.458. The number of thiocarbonyl (C=S) groups is 1. The van der Waals surface area contributed by atoms with Crippen LogP contribution in [0.1, 0.15) is 35.1 Å². The van der Waals surface area contributed by atoms with Crippen LogP contribution < -0.4 is 5.32 Å². The summed E-state index contributed by atoms with van der Waals surface area (Å²) in [6.07, 6.45) is 0. The topological polar surface area (TPSA) is 34.1 Å². The SMILES string of the molecule is COC(=S)c1cc(-c2csc(Nc3ccccc3C(C)C)n2)c(C)s1. The third kappa shape index (κ3) is 3.92. The van der Waals surface area contributed by atoms with Gasteiger partial charge in [-0.15, -0.1) is 22.7 Å². The highest BCUT2D eigenvalue weighted by Crippen LogP contribution is 2.35. The second-order valence-electron chi connectivity index (χ2n) is 5.98. The summed E-state index contributed by atoms with van der Waals surface area (Å²) in [6.45, 7) is 6.48. The van der Waals surface area contributed by atoms with Gasteiger partial charge in [-0.05, 0) is 42.8 Å². The lowest BCUT2D eigenvalue weighted by Gasteiger charge is -2.12. The number of nitrogens with one attached hydrogen (secondary N) is 1. The molecule has 0 spiro atoms. The Bertz CT molecular complexity index is 896. The molecule has 3 rings (SSSR count). The molecule has 0 radical (unpaired) electrons. The van der Waals surface area contributed by atoms with E-state index < -0.39 is 0 Å². The molecule has 1 N–H and O–H groups in total. The summed E-state index contributed by atoms with van der Waals surface area (Å²) < 4.78 is 5.17. The van der Waals surface area contributed by atoms with Gasteiger partial charge in [0.1, 0.15) is 0 Å². The highest BCUT2D eigenvalue weighted by Gasteiger charge is 2.15. The van der Waals surface area contributed by atoms with Gasteiger partial charge < -0.3 is 10.1 Å². The second kappa shape index (κ2) is 7.64. The molecule has 0 aliphatic heterocycles. The molecule has 0 saturated carbocycles. The summed E-state index contributed by atoms with van der Waals surface area (Å²) in [7, 11) is 1.61. The summed E-state index contributed by atoms with van der Waals surface area (Å²) in [5.41, 5.74) is 4.48. The first-order valence-corrected chi connectivity index (χ1v) is 10.1. The first kappa shape index (κ1) is 18.0. The number of hydrogen-bond donors (Lipinski definition) is 1.